The van der Waals surface area contributed by atoms with Gasteiger partial charge in [-0.05, 0) is 51.3 Å². The molecule has 5 heteroatoms. The van der Waals surface area contributed by atoms with Crippen molar-refractivity contribution in [3.63, 3.8) is 0 Å². The average molecular weight is 288 g/mol. The van der Waals surface area contributed by atoms with E-state index in [1.807, 2.05) is 20.8 Å². The summed E-state index contributed by atoms with van der Waals surface area (Å²) in [7, 11) is 0. The Hall–Kier alpha value is -2.30. The van der Waals surface area contributed by atoms with E-state index in [-0.39, 0.29) is 11.5 Å². The topological polar surface area (TPSA) is 86.0 Å². The van der Waals surface area contributed by atoms with Crippen LogP contribution in [0.4, 0.5) is 0 Å². The average Bonchev–Trinajstić information content (AvgIpc) is 2.81. The third-order valence-corrected chi connectivity index (χ3v) is 4.13. The quantitative estimate of drug-likeness (QED) is 0.756. The smallest absolute Gasteiger partial charge is 0.352 e. The van der Waals surface area contributed by atoms with Crippen LogP contribution in [0.15, 0.2) is 0 Å². The van der Waals surface area contributed by atoms with Crippen molar-refractivity contribution in [3.8, 4) is 0 Å². The molecule has 0 aliphatic rings. The number of aromatic amines is 2. The van der Waals surface area contributed by atoms with Crippen LogP contribution in [0.5, 0.6) is 0 Å². The first-order chi connectivity index (χ1) is 9.73. The van der Waals surface area contributed by atoms with Crippen molar-refractivity contribution >= 4 is 11.8 Å². The lowest BCUT2D eigenvalue weighted by molar-refractivity contribution is 0.0690. The summed E-state index contributed by atoms with van der Waals surface area (Å²) >= 11 is 0. The van der Waals surface area contributed by atoms with Crippen LogP contribution in [-0.2, 0) is 6.42 Å². The Bertz CT molecular complexity index is 735. The fourth-order valence-corrected chi connectivity index (χ4v) is 2.84. The summed E-state index contributed by atoms with van der Waals surface area (Å²) in [4.78, 5) is 29.1. The summed E-state index contributed by atoms with van der Waals surface area (Å²) in [6, 6.07) is 0. The molecule has 0 radical (unpaired) electrons. The van der Waals surface area contributed by atoms with Gasteiger partial charge in [-0.25, -0.2) is 4.79 Å². The largest absolute Gasteiger partial charge is 0.477 e. The van der Waals surface area contributed by atoms with Gasteiger partial charge in [-0.1, -0.05) is 0 Å². The fraction of sp³-hybridized carbons (Fsp3) is 0.375. The number of Topliss-reactive ketones (excluding diaryl/α,β-unsaturated/α-hetero) is 1. The lowest BCUT2D eigenvalue weighted by Gasteiger charge is -2.01. The number of H-pyrrole nitrogens is 2. The molecule has 2 aromatic heterocycles. The molecular weight excluding hydrogens is 268 g/mol. The summed E-state index contributed by atoms with van der Waals surface area (Å²) in [5, 5.41) is 9.16. The number of aromatic carboxylic acids is 1. The standard InChI is InChI=1S/C16H20N2O3/c1-7-8(2)15(16(20)21)18-12(7)6-13-9(3)14(11(5)19)10(4)17-13/h17-18H,6H2,1-5H3,(H,20,21). The van der Waals surface area contributed by atoms with Crippen LogP contribution in [0, 0.1) is 27.7 Å². The highest BCUT2D eigenvalue weighted by Crippen LogP contribution is 2.24. The summed E-state index contributed by atoms with van der Waals surface area (Å²) < 4.78 is 0. The minimum absolute atomic E-state index is 0.0399. The lowest BCUT2D eigenvalue weighted by Crippen LogP contribution is -1.99. The molecule has 0 saturated heterocycles. The molecule has 0 fully saturated rings. The van der Waals surface area contributed by atoms with E-state index >= 15 is 0 Å². The molecule has 0 aliphatic heterocycles. The van der Waals surface area contributed by atoms with Gasteiger partial charge < -0.3 is 15.1 Å². The molecule has 0 aromatic carbocycles. The number of carboxylic acid groups (broad SMARTS) is 1. The Morgan fingerprint density at radius 2 is 1.52 bits per heavy atom. The van der Waals surface area contributed by atoms with Crippen molar-refractivity contribution < 1.29 is 14.7 Å². The van der Waals surface area contributed by atoms with Gasteiger partial charge in [0.05, 0.1) is 0 Å². The SMILES string of the molecule is CC(=O)c1c(C)[nH]c(Cc2[nH]c(C(=O)O)c(C)c2C)c1C. The molecule has 0 atom stereocenters. The molecule has 0 amide bonds. The highest BCUT2D eigenvalue weighted by atomic mass is 16.4. The molecule has 2 rings (SSSR count). The summed E-state index contributed by atoms with van der Waals surface area (Å²) in [5.41, 5.74) is 6.26. The van der Waals surface area contributed by atoms with Gasteiger partial charge >= 0.3 is 5.97 Å². The third-order valence-electron chi connectivity index (χ3n) is 4.13. The lowest BCUT2D eigenvalue weighted by atomic mass is 10.0. The molecule has 0 spiro atoms. The van der Waals surface area contributed by atoms with Crippen molar-refractivity contribution in [1.82, 2.24) is 9.97 Å². The van der Waals surface area contributed by atoms with E-state index in [2.05, 4.69) is 9.97 Å². The van der Waals surface area contributed by atoms with Crippen LogP contribution >= 0.6 is 0 Å². The van der Waals surface area contributed by atoms with Gasteiger partial charge in [-0.15, -0.1) is 0 Å². The highest BCUT2D eigenvalue weighted by Gasteiger charge is 2.19. The maximum atomic E-state index is 11.7. The monoisotopic (exact) mass is 288 g/mol. The van der Waals surface area contributed by atoms with E-state index in [4.69, 9.17) is 5.11 Å². The third kappa shape index (κ3) is 2.51. The first-order valence-electron chi connectivity index (χ1n) is 6.84. The number of hydrogen-bond donors (Lipinski definition) is 3. The van der Waals surface area contributed by atoms with E-state index in [0.717, 1.165) is 39.3 Å². The van der Waals surface area contributed by atoms with Crippen LogP contribution in [0.1, 0.15) is 61.5 Å². The predicted octanol–water partition coefficient (Wildman–Crippen LogP) is 3.07. The Morgan fingerprint density at radius 3 is 1.95 bits per heavy atom. The van der Waals surface area contributed by atoms with Crippen molar-refractivity contribution in [3.05, 3.63) is 45.0 Å². The number of hydrogen-bond acceptors (Lipinski definition) is 2. The van der Waals surface area contributed by atoms with Gasteiger partial charge in [-0.2, -0.15) is 0 Å². The second kappa shape index (κ2) is 5.24. The van der Waals surface area contributed by atoms with E-state index in [1.165, 1.54) is 0 Å². The molecule has 21 heavy (non-hydrogen) atoms. The number of aryl methyl sites for hydroxylation is 1. The number of carboxylic acids is 1. The molecule has 112 valence electrons. The minimum Gasteiger partial charge on any atom is -0.477 e. The summed E-state index contributed by atoms with van der Waals surface area (Å²) in [6.07, 6.45) is 0.555. The van der Waals surface area contributed by atoms with Crippen LogP contribution in [0.2, 0.25) is 0 Å². The number of rotatable bonds is 4. The maximum absolute atomic E-state index is 11.7. The molecule has 2 aromatic rings. The molecule has 3 N–H and O–H groups in total. The van der Waals surface area contributed by atoms with E-state index in [1.54, 1.807) is 13.8 Å². The van der Waals surface area contributed by atoms with Crippen LogP contribution in [-0.4, -0.2) is 26.8 Å². The molecule has 2 heterocycles. The van der Waals surface area contributed by atoms with Gasteiger partial charge in [-0.3, -0.25) is 4.79 Å². The molecule has 0 bridgehead atoms. The summed E-state index contributed by atoms with van der Waals surface area (Å²) in [5.74, 6) is -0.913. The molecule has 0 unspecified atom stereocenters. The first kappa shape index (κ1) is 15.1. The highest BCUT2D eigenvalue weighted by molar-refractivity contribution is 5.97. The predicted molar refractivity (Wildman–Crippen MR) is 80.3 cm³/mol. The zero-order valence-electron chi connectivity index (χ0n) is 13.0. The van der Waals surface area contributed by atoms with Crippen LogP contribution in [0.25, 0.3) is 0 Å². The number of ketones is 1. The number of carbonyl (C=O) groups is 2. The number of carbonyl (C=O) groups excluding carboxylic acids is 1. The Labute approximate surface area is 123 Å². The molecule has 5 nitrogen and oxygen atoms in total. The normalized spacial score (nSPS) is 10.9. The van der Waals surface area contributed by atoms with E-state index in [9.17, 15) is 9.59 Å². The molecular formula is C16H20N2O3. The van der Waals surface area contributed by atoms with E-state index in [0.29, 0.717) is 6.42 Å². The van der Waals surface area contributed by atoms with Crippen LogP contribution < -0.4 is 0 Å². The Morgan fingerprint density at radius 1 is 0.952 bits per heavy atom. The molecule has 0 aliphatic carbocycles. The van der Waals surface area contributed by atoms with Gasteiger partial charge in [0.1, 0.15) is 5.69 Å². The van der Waals surface area contributed by atoms with Gasteiger partial charge in [0.25, 0.3) is 0 Å². The number of aromatic nitrogens is 2. The summed E-state index contributed by atoms with van der Waals surface area (Å²) in [6.45, 7) is 9.05. The van der Waals surface area contributed by atoms with E-state index < -0.39 is 5.97 Å². The second-order valence-electron chi connectivity index (χ2n) is 5.50. The minimum atomic E-state index is -0.953. The van der Waals surface area contributed by atoms with Gasteiger partial charge in [0.2, 0.25) is 0 Å². The zero-order valence-corrected chi connectivity index (χ0v) is 13.0. The Balaban J connectivity index is 2.44. The van der Waals surface area contributed by atoms with Crippen molar-refractivity contribution in [1.29, 1.82) is 0 Å². The van der Waals surface area contributed by atoms with Crippen LogP contribution in [0.3, 0.4) is 0 Å². The molecule has 0 saturated carbocycles. The second-order valence-corrected chi connectivity index (χ2v) is 5.50. The number of nitrogens with one attached hydrogen (secondary N) is 2. The maximum Gasteiger partial charge on any atom is 0.352 e. The van der Waals surface area contributed by atoms with Crippen molar-refractivity contribution in [2.75, 3.05) is 0 Å². The van der Waals surface area contributed by atoms with Gasteiger partial charge in [0, 0.05) is 29.1 Å². The van der Waals surface area contributed by atoms with Crippen molar-refractivity contribution in [2.24, 2.45) is 0 Å². The fourth-order valence-electron chi connectivity index (χ4n) is 2.84. The Kier molecular flexibility index (Phi) is 3.77. The van der Waals surface area contributed by atoms with Gasteiger partial charge in [0.15, 0.2) is 5.78 Å². The zero-order chi connectivity index (χ0) is 15.9. The first-order valence-corrected chi connectivity index (χ1v) is 6.84. The van der Waals surface area contributed by atoms with Crippen molar-refractivity contribution in [2.45, 2.75) is 41.0 Å².